The largest absolute Gasteiger partial charge is 0.480 e. The molecule has 0 amide bonds. The topological polar surface area (TPSA) is 74.9 Å². The van der Waals surface area contributed by atoms with Crippen LogP contribution in [0.4, 0.5) is 0 Å². The molecule has 0 aromatic carbocycles. The number of hydrogen-bond acceptors (Lipinski definition) is 4. The molecule has 0 saturated carbocycles. The van der Waals surface area contributed by atoms with Crippen LogP contribution < -0.4 is 5.56 Å². The van der Waals surface area contributed by atoms with Crippen LogP contribution in [0.5, 0.6) is 0 Å². The summed E-state index contributed by atoms with van der Waals surface area (Å²) in [5, 5.41) is 9.39. The van der Waals surface area contributed by atoms with E-state index in [1.54, 1.807) is 31.0 Å². The summed E-state index contributed by atoms with van der Waals surface area (Å²) in [6.07, 6.45) is 1.50. The van der Waals surface area contributed by atoms with Gasteiger partial charge < -0.3 is 5.11 Å². The van der Waals surface area contributed by atoms with Crippen LogP contribution in [0.2, 0.25) is 5.02 Å². The van der Waals surface area contributed by atoms with Crippen LogP contribution in [0.15, 0.2) is 29.2 Å². The molecule has 2 rings (SSSR count). The first-order chi connectivity index (χ1) is 9.38. The summed E-state index contributed by atoms with van der Waals surface area (Å²) in [5.74, 6) is -0.920. The van der Waals surface area contributed by atoms with Crippen LogP contribution in [-0.4, -0.2) is 38.4 Å². The molecule has 2 aromatic rings. The van der Waals surface area contributed by atoms with Crippen molar-refractivity contribution in [2.45, 2.75) is 19.5 Å². The van der Waals surface area contributed by atoms with Gasteiger partial charge in [-0.05, 0) is 26.1 Å². The van der Waals surface area contributed by atoms with Gasteiger partial charge in [0.2, 0.25) is 0 Å². The van der Waals surface area contributed by atoms with Gasteiger partial charge in [-0.1, -0.05) is 11.6 Å². The Hall–Kier alpha value is -1.63. The van der Waals surface area contributed by atoms with Crippen LogP contribution in [0.25, 0.3) is 5.65 Å². The number of aromatic nitrogens is 2. The van der Waals surface area contributed by atoms with E-state index >= 15 is 0 Å². The summed E-state index contributed by atoms with van der Waals surface area (Å²) in [7, 11) is 1.67. The van der Waals surface area contributed by atoms with Crippen LogP contribution in [-0.2, 0) is 11.3 Å². The number of fused-ring (bicyclic) bond motifs is 1. The molecular weight excluding hydrogens is 317 g/mol. The Morgan fingerprint density at radius 2 is 2.19 bits per heavy atom. The molecule has 8 heteroatoms. The number of halogens is 2. The van der Waals surface area contributed by atoms with E-state index in [1.807, 2.05) is 0 Å². The Kier molecular flexibility index (Phi) is 5.71. The number of likely N-dealkylation sites (N-methyl/N-ethyl adjacent to an activating group) is 1. The Morgan fingerprint density at radius 3 is 2.81 bits per heavy atom. The second-order valence-electron chi connectivity index (χ2n) is 4.59. The van der Waals surface area contributed by atoms with Gasteiger partial charge in [-0.2, -0.15) is 0 Å². The van der Waals surface area contributed by atoms with E-state index in [9.17, 15) is 9.59 Å². The van der Waals surface area contributed by atoms with Crippen LogP contribution in [0.3, 0.4) is 0 Å². The van der Waals surface area contributed by atoms with Crippen molar-refractivity contribution in [3.05, 3.63) is 45.5 Å². The minimum absolute atomic E-state index is 0. The standard InChI is InChI=1S/C13H14ClN3O3.ClH/c1-8(13(19)20)16(2)7-10-5-12(18)17-6-9(14)3-4-11(17)15-10;/h3-6,8H,7H2,1-2H3,(H,19,20);1H. The fourth-order valence-electron chi connectivity index (χ4n) is 1.79. The van der Waals surface area contributed by atoms with Gasteiger partial charge in [-0.3, -0.25) is 18.9 Å². The molecule has 0 aliphatic heterocycles. The maximum Gasteiger partial charge on any atom is 0.320 e. The van der Waals surface area contributed by atoms with Gasteiger partial charge in [0.25, 0.3) is 5.56 Å². The second-order valence-corrected chi connectivity index (χ2v) is 5.03. The van der Waals surface area contributed by atoms with Crippen molar-refractivity contribution in [3.8, 4) is 0 Å². The summed E-state index contributed by atoms with van der Waals surface area (Å²) in [6.45, 7) is 1.86. The molecule has 114 valence electrons. The summed E-state index contributed by atoms with van der Waals surface area (Å²) in [5.41, 5.74) is 0.755. The lowest BCUT2D eigenvalue weighted by atomic mass is 10.2. The molecule has 1 atom stereocenters. The molecule has 0 radical (unpaired) electrons. The fraction of sp³-hybridized carbons (Fsp3) is 0.308. The number of carbonyl (C=O) groups is 1. The third-order valence-corrected chi connectivity index (χ3v) is 3.33. The SMILES string of the molecule is CC(C(=O)O)N(C)Cc1cc(=O)n2cc(Cl)ccc2n1.Cl. The van der Waals surface area contributed by atoms with Crippen molar-refractivity contribution in [1.82, 2.24) is 14.3 Å². The quantitative estimate of drug-likeness (QED) is 0.922. The number of carboxylic acid groups (broad SMARTS) is 1. The van der Waals surface area contributed by atoms with Crippen molar-refractivity contribution >= 4 is 35.6 Å². The van der Waals surface area contributed by atoms with Crippen molar-refractivity contribution in [3.63, 3.8) is 0 Å². The molecule has 0 fully saturated rings. The number of rotatable bonds is 4. The highest BCUT2D eigenvalue weighted by Crippen LogP contribution is 2.09. The third kappa shape index (κ3) is 3.93. The number of carboxylic acids is 1. The van der Waals surface area contributed by atoms with Crippen LogP contribution >= 0.6 is 24.0 Å². The molecule has 0 saturated heterocycles. The van der Waals surface area contributed by atoms with Gasteiger partial charge >= 0.3 is 5.97 Å². The normalized spacial score (nSPS) is 12.2. The maximum atomic E-state index is 12.0. The molecular formula is C13H15Cl2N3O3. The first-order valence-corrected chi connectivity index (χ1v) is 6.37. The number of nitrogens with zero attached hydrogens (tertiary/aromatic N) is 3. The van der Waals surface area contributed by atoms with E-state index in [4.69, 9.17) is 16.7 Å². The summed E-state index contributed by atoms with van der Waals surface area (Å²) in [4.78, 5) is 28.8. The molecule has 0 aliphatic rings. The Bertz CT molecular complexity index is 717. The number of aliphatic carboxylic acids is 1. The molecule has 2 heterocycles. The molecule has 6 nitrogen and oxygen atoms in total. The average molecular weight is 332 g/mol. The van der Waals surface area contributed by atoms with E-state index in [0.717, 1.165) is 0 Å². The van der Waals surface area contributed by atoms with E-state index in [-0.39, 0.29) is 24.5 Å². The zero-order valence-electron chi connectivity index (χ0n) is 11.5. The van der Waals surface area contributed by atoms with Gasteiger partial charge in [0.05, 0.1) is 10.7 Å². The molecule has 0 bridgehead atoms. The summed E-state index contributed by atoms with van der Waals surface area (Å²) >= 11 is 5.83. The van der Waals surface area contributed by atoms with Crippen molar-refractivity contribution in [2.75, 3.05) is 7.05 Å². The molecule has 0 aliphatic carbocycles. The highest BCUT2D eigenvalue weighted by Gasteiger charge is 2.17. The summed E-state index contributed by atoms with van der Waals surface area (Å²) in [6, 6.07) is 4.03. The van der Waals surface area contributed by atoms with E-state index in [1.165, 1.54) is 16.7 Å². The van der Waals surface area contributed by atoms with Gasteiger partial charge in [-0.15, -0.1) is 12.4 Å². The molecule has 1 N–H and O–H groups in total. The Morgan fingerprint density at radius 1 is 1.52 bits per heavy atom. The maximum absolute atomic E-state index is 12.0. The van der Waals surface area contributed by atoms with E-state index in [2.05, 4.69) is 4.98 Å². The number of pyridine rings is 1. The molecule has 1 unspecified atom stereocenters. The monoisotopic (exact) mass is 331 g/mol. The Balaban J connectivity index is 0.00000220. The lowest BCUT2D eigenvalue weighted by Crippen LogP contribution is -2.35. The van der Waals surface area contributed by atoms with E-state index < -0.39 is 12.0 Å². The second kappa shape index (κ2) is 6.89. The van der Waals surface area contributed by atoms with E-state index in [0.29, 0.717) is 16.4 Å². The van der Waals surface area contributed by atoms with Gasteiger partial charge in [-0.25, -0.2) is 4.98 Å². The van der Waals surface area contributed by atoms with Gasteiger partial charge in [0.15, 0.2) is 0 Å². The first kappa shape index (κ1) is 17.4. The minimum atomic E-state index is -0.920. The van der Waals surface area contributed by atoms with Gasteiger partial charge in [0.1, 0.15) is 11.7 Å². The third-order valence-electron chi connectivity index (χ3n) is 3.11. The zero-order valence-corrected chi connectivity index (χ0v) is 13.1. The van der Waals surface area contributed by atoms with Gasteiger partial charge in [0, 0.05) is 18.8 Å². The molecule has 0 spiro atoms. The highest BCUT2D eigenvalue weighted by molar-refractivity contribution is 6.30. The highest BCUT2D eigenvalue weighted by atomic mass is 35.5. The smallest absolute Gasteiger partial charge is 0.320 e. The lowest BCUT2D eigenvalue weighted by Gasteiger charge is -2.20. The zero-order chi connectivity index (χ0) is 14.9. The van der Waals surface area contributed by atoms with Crippen molar-refractivity contribution in [2.24, 2.45) is 0 Å². The predicted octanol–water partition coefficient (Wildman–Crippen LogP) is 1.67. The van der Waals surface area contributed by atoms with Crippen LogP contribution in [0.1, 0.15) is 12.6 Å². The first-order valence-electron chi connectivity index (χ1n) is 5.99. The average Bonchev–Trinajstić information content (AvgIpc) is 2.38. The predicted molar refractivity (Wildman–Crippen MR) is 82.3 cm³/mol. The van der Waals surface area contributed by atoms with Crippen molar-refractivity contribution < 1.29 is 9.90 Å². The Labute approximate surface area is 132 Å². The summed E-state index contributed by atoms with van der Waals surface area (Å²) < 4.78 is 1.35. The lowest BCUT2D eigenvalue weighted by molar-refractivity contribution is -0.142. The number of hydrogen-bond donors (Lipinski definition) is 1. The van der Waals surface area contributed by atoms with Crippen LogP contribution in [0, 0.1) is 0 Å². The molecule has 2 aromatic heterocycles. The fourth-order valence-corrected chi connectivity index (χ4v) is 1.95. The molecule has 21 heavy (non-hydrogen) atoms. The minimum Gasteiger partial charge on any atom is -0.480 e. The van der Waals surface area contributed by atoms with Crippen molar-refractivity contribution in [1.29, 1.82) is 0 Å².